The maximum absolute atomic E-state index is 12.9. The van der Waals surface area contributed by atoms with Crippen LogP contribution < -0.4 is 4.74 Å². The Morgan fingerprint density at radius 3 is 2.65 bits per heavy atom. The van der Waals surface area contributed by atoms with Gasteiger partial charge >= 0.3 is 0 Å². The number of aromatic nitrogens is 2. The van der Waals surface area contributed by atoms with Crippen LogP contribution in [-0.2, 0) is 0 Å². The van der Waals surface area contributed by atoms with Crippen LogP contribution in [0.25, 0.3) is 11.4 Å². The Morgan fingerprint density at radius 1 is 1.17 bits per heavy atom. The van der Waals surface area contributed by atoms with Crippen LogP contribution in [0.5, 0.6) is 5.75 Å². The van der Waals surface area contributed by atoms with Gasteiger partial charge in [0.05, 0.1) is 12.4 Å². The summed E-state index contributed by atoms with van der Waals surface area (Å²) in [5, 5.41) is 0. The normalized spacial score (nSPS) is 27.1. The van der Waals surface area contributed by atoms with E-state index in [2.05, 4.69) is 21.9 Å². The first kappa shape index (κ1) is 14.6. The van der Waals surface area contributed by atoms with Gasteiger partial charge in [-0.1, -0.05) is 0 Å². The highest BCUT2D eigenvalue weighted by atomic mass is 19.1. The zero-order valence-corrected chi connectivity index (χ0v) is 13.2. The van der Waals surface area contributed by atoms with Crippen LogP contribution in [0, 0.1) is 5.82 Å². The van der Waals surface area contributed by atoms with Gasteiger partial charge < -0.3 is 9.64 Å². The van der Waals surface area contributed by atoms with Gasteiger partial charge in [0.2, 0.25) is 0 Å². The van der Waals surface area contributed by atoms with E-state index in [0.29, 0.717) is 11.9 Å². The monoisotopic (exact) mass is 313 g/mol. The van der Waals surface area contributed by atoms with Crippen molar-refractivity contribution in [2.24, 2.45) is 0 Å². The van der Waals surface area contributed by atoms with E-state index in [1.54, 1.807) is 0 Å². The van der Waals surface area contributed by atoms with Crippen LogP contribution in [0.15, 0.2) is 36.7 Å². The zero-order valence-electron chi connectivity index (χ0n) is 13.2. The summed E-state index contributed by atoms with van der Waals surface area (Å²) in [5.74, 6) is 0.989. The predicted molar refractivity (Wildman–Crippen MR) is 85.7 cm³/mol. The Bertz CT molecular complexity index is 688. The highest BCUT2D eigenvalue weighted by Gasteiger charge is 2.46. The van der Waals surface area contributed by atoms with Gasteiger partial charge in [-0.05, 0) is 50.6 Å². The van der Waals surface area contributed by atoms with Gasteiger partial charge in [-0.25, -0.2) is 14.4 Å². The minimum absolute atomic E-state index is 0.00503. The quantitative estimate of drug-likeness (QED) is 0.871. The molecule has 1 aliphatic carbocycles. The fourth-order valence-electron chi connectivity index (χ4n) is 3.76. The number of rotatable bonds is 3. The summed E-state index contributed by atoms with van der Waals surface area (Å²) in [5.41, 5.74) is 0.868. The van der Waals surface area contributed by atoms with Gasteiger partial charge in [0.25, 0.3) is 0 Å². The number of benzene rings is 1. The van der Waals surface area contributed by atoms with Crippen molar-refractivity contribution in [1.29, 1.82) is 0 Å². The van der Waals surface area contributed by atoms with Gasteiger partial charge in [-0.15, -0.1) is 0 Å². The maximum Gasteiger partial charge on any atom is 0.159 e. The summed E-state index contributed by atoms with van der Waals surface area (Å²) in [6.45, 7) is 1.10. The topological polar surface area (TPSA) is 38.2 Å². The average molecular weight is 313 g/mol. The van der Waals surface area contributed by atoms with Crippen molar-refractivity contribution in [2.45, 2.75) is 37.3 Å². The molecule has 2 aromatic rings. The summed E-state index contributed by atoms with van der Waals surface area (Å²) in [6.07, 6.45) is 6.92. The number of piperidine rings is 1. The largest absolute Gasteiger partial charge is 0.487 e. The van der Waals surface area contributed by atoms with E-state index in [1.165, 1.54) is 18.8 Å². The standard InChI is InChI=1S/C18H20FN3O/c1-22-9-8-18(7-6-15(22)10-18)23-16-4-2-13(3-5-16)17-20-11-14(19)12-21-17/h2-5,11-12,15H,6-10H2,1H3. The minimum Gasteiger partial charge on any atom is -0.487 e. The second-order valence-corrected chi connectivity index (χ2v) is 6.66. The summed E-state index contributed by atoms with van der Waals surface area (Å²) >= 11 is 0. The van der Waals surface area contributed by atoms with Crippen molar-refractivity contribution in [2.75, 3.05) is 13.6 Å². The molecule has 23 heavy (non-hydrogen) atoms. The van der Waals surface area contributed by atoms with Crippen LogP contribution in [0.1, 0.15) is 25.7 Å². The van der Waals surface area contributed by atoms with E-state index < -0.39 is 5.82 Å². The van der Waals surface area contributed by atoms with Crippen LogP contribution >= 0.6 is 0 Å². The molecule has 0 spiro atoms. The first-order valence-electron chi connectivity index (χ1n) is 8.11. The fraction of sp³-hybridized carbons (Fsp3) is 0.444. The minimum atomic E-state index is -0.425. The summed E-state index contributed by atoms with van der Waals surface area (Å²) in [7, 11) is 2.21. The molecule has 4 nitrogen and oxygen atoms in total. The van der Waals surface area contributed by atoms with Gasteiger partial charge in [0.1, 0.15) is 11.4 Å². The summed E-state index contributed by atoms with van der Waals surface area (Å²) in [4.78, 5) is 10.5. The van der Waals surface area contributed by atoms with Crippen LogP contribution in [0.4, 0.5) is 4.39 Å². The molecular formula is C18H20FN3O. The Balaban J connectivity index is 1.50. The predicted octanol–water partition coefficient (Wildman–Crippen LogP) is 3.29. The number of ether oxygens (including phenoxy) is 1. The van der Waals surface area contributed by atoms with E-state index in [4.69, 9.17) is 4.74 Å². The van der Waals surface area contributed by atoms with E-state index >= 15 is 0 Å². The van der Waals surface area contributed by atoms with Crippen molar-refractivity contribution in [1.82, 2.24) is 14.9 Å². The van der Waals surface area contributed by atoms with Crippen molar-refractivity contribution in [3.8, 4) is 17.1 Å². The molecule has 1 aromatic heterocycles. The lowest BCUT2D eigenvalue weighted by molar-refractivity contribution is 0.0229. The second-order valence-electron chi connectivity index (χ2n) is 6.66. The SMILES string of the molecule is CN1CCC2(Oc3ccc(-c4ncc(F)cn4)cc3)CCC1C2. The Kier molecular flexibility index (Phi) is 3.53. The van der Waals surface area contributed by atoms with Crippen LogP contribution in [-0.4, -0.2) is 40.1 Å². The molecule has 0 radical (unpaired) electrons. The molecule has 120 valence electrons. The molecule has 0 amide bonds. The van der Waals surface area contributed by atoms with Gasteiger partial charge in [-0.3, -0.25) is 0 Å². The molecule has 1 saturated heterocycles. The first-order chi connectivity index (χ1) is 11.1. The molecular weight excluding hydrogens is 293 g/mol. The lowest BCUT2D eigenvalue weighted by atomic mass is 9.93. The molecule has 4 rings (SSSR count). The molecule has 0 N–H and O–H groups in total. The lowest BCUT2D eigenvalue weighted by Gasteiger charge is -2.38. The molecule has 5 heteroatoms. The van der Waals surface area contributed by atoms with E-state index in [0.717, 1.165) is 37.1 Å². The summed E-state index contributed by atoms with van der Waals surface area (Å²) in [6, 6.07) is 8.45. The molecule has 2 heterocycles. The molecule has 2 bridgehead atoms. The molecule has 1 saturated carbocycles. The smallest absolute Gasteiger partial charge is 0.159 e. The molecule has 2 fully saturated rings. The third-order valence-corrected chi connectivity index (χ3v) is 5.15. The maximum atomic E-state index is 12.9. The van der Waals surface area contributed by atoms with Gasteiger partial charge in [0, 0.05) is 24.6 Å². The Morgan fingerprint density at radius 2 is 1.91 bits per heavy atom. The van der Waals surface area contributed by atoms with Gasteiger partial charge in [-0.2, -0.15) is 0 Å². The molecule has 2 atom stereocenters. The van der Waals surface area contributed by atoms with Crippen LogP contribution in [0.2, 0.25) is 0 Å². The molecule has 1 aromatic carbocycles. The third kappa shape index (κ3) is 2.81. The third-order valence-electron chi connectivity index (χ3n) is 5.15. The average Bonchev–Trinajstić information content (AvgIpc) is 2.92. The molecule has 2 unspecified atom stereocenters. The number of fused-ring (bicyclic) bond motifs is 2. The van der Waals surface area contributed by atoms with E-state index in [9.17, 15) is 4.39 Å². The second kappa shape index (κ2) is 5.57. The molecule has 1 aliphatic heterocycles. The fourth-order valence-corrected chi connectivity index (χ4v) is 3.76. The number of hydrogen-bond acceptors (Lipinski definition) is 4. The molecule has 2 aliphatic rings. The highest BCUT2D eigenvalue weighted by molar-refractivity contribution is 5.55. The Labute approximate surface area is 135 Å². The van der Waals surface area contributed by atoms with E-state index in [1.807, 2.05) is 24.3 Å². The number of likely N-dealkylation sites (tertiary alicyclic amines) is 1. The Hall–Kier alpha value is -2.01. The first-order valence-corrected chi connectivity index (χ1v) is 8.11. The summed E-state index contributed by atoms with van der Waals surface area (Å²) < 4.78 is 19.3. The van der Waals surface area contributed by atoms with Crippen molar-refractivity contribution >= 4 is 0 Å². The zero-order chi connectivity index (χ0) is 15.9. The van der Waals surface area contributed by atoms with Crippen molar-refractivity contribution < 1.29 is 9.13 Å². The lowest BCUT2D eigenvalue weighted by Crippen LogP contribution is -2.45. The number of nitrogens with zero attached hydrogens (tertiary/aromatic N) is 3. The number of hydrogen-bond donors (Lipinski definition) is 0. The van der Waals surface area contributed by atoms with Crippen LogP contribution in [0.3, 0.4) is 0 Å². The van der Waals surface area contributed by atoms with Crippen molar-refractivity contribution in [3.05, 3.63) is 42.5 Å². The van der Waals surface area contributed by atoms with E-state index in [-0.39, 0.29) is 5.60 Å². The number of halogens is 1. The highest BCUT2D eigenvalue weighted by Crippen LogP contribution is 2.42. The van der Waals surface area contributed by atoms with Gasteiger partial charge in [0.15, 0.2) is 11.6 Å². The van der Waals surface area contributed by atoms with Crippen molar-refractivity contribution in [3.63, 3.8) is 0 Å².